The van der Waals surface area contributed by atoms with Gasteiger partial charge in [-0.3, -0.25) is 0 Å². The molecule has 0 amide bonds. The summed E-state index contributed by atoms with van der Waals surface area (Å²) >= 11 is 4.72. The molecular formula is C17H25ClFNO2S. The first-order valence-electron chi connectivity index (χ1n) is 7.92. The Hall–Kier alpha value is -0.330. The summed E-state index contributed by atoms with van der Waals surface area (Å²) in [6.45, 7) is 5.61. The summed E-state index contributed by atoms with van der Waals surface area (Å²) in [6, 6.07) is 6.62. The summed E-state index contributed by atoms with van der Waals surface area (Å²) in [4.78, 5) is 0. The molecule has 0 aliphatic heterocycles. The largest absolute Gasteiger partial charge is 0.598 e. The molecule has 2 atom stereocenters. The molecule has 0 unspecified atom stereocenters. The van der Waals surface area contributed by atoms with E-state index < -0.39 is 33.9 Å². The van der Waals surface area contributed by atoms with Gasteiger partial charge >= 0.3 is 0 Å². The van der Waals surface area contributed by atoms with Gasteiger partial charge in [0.05, 0.1) is 5.60 Å². The maximum atomic E-state index is 13.5. The first-order valence-corrected chi connectivity index (χ1v) is 9.44. The van der Waals surface area contributed by atoms with Crippen molar-refractivity contribution in [2.45, 2.75) is 69.0 Å². The molecule has 0 heterocycles. The van der Waals surface area contributed by atoms with Crippen LogP contribution in [-0.2, 0) is 11.4 Å². The van der Waals surface area contributed by atoms with Gasteiger partial charge in [0.1, 0.15) is 17.0 Å². The normalized spacial score (nSPS) is 28.4. The maximum absolute atomic E-state index is 13.5. The molecule has 0 aromatic heterocycles. The van der Waals surface area contributed by atoms with E-state index in [0.29, 0.717) is 30.7 Å². The van der Waals surface area contributed by atoms with Gasteiger partial charge in [-0.25, -0.2) is 4.39 Å². The topological polar surface area (TPSA) is 55.3 Å². The molecule has 0 spiro atoms. The van der Waals surface area contributed by atoms with Crippen molar-refractivity contribution in [3.63, 3.8) is 0 Å². The van der Waals surface area contributed by atoms with E-state index in [1.54, 1.807) is 18.2 Å². The quantitative estimate of drug-likeness (QED) is 0.794. The molecule has 6 heteroatoms. The van der Waals surface area contributed by atoms with Crippen molar-refractivity contribution in [2.75, 3.05) is 0 Å². The average molecular weight is 362 g/mol. The molecule has 0 bridgehead atoms. The fourth-order valence-corrected chi connectivity index (χ4v) is 3.95. The van der Waals surface area contributed by atoms with E-state index >= 15 is 0 Å². The van der Waals surface area contributed by atoms with Gasteiger partial charge in [-0.1, -0.05) is 23.7 Å². The molecule has 0 radical (unpaired) electrons. The summed E-state index contributed by atoms with van der Waals surface area (Å²) in [5, 5.41) is 11.7. The fourth-order valence-electron chi connectivity index (χ4n) is 2.83. The monoisotopic (exact) mass is 361 g/mol. The van der Waals surface area contributed by atoms with Gasteiger partial charge in [-0.15, -0.1) is 4.72 Å². The lowest BCUT2D eigenvalue weighted by Crippen LogP contribution is -2.51. The molecule has 0 saturated heterocycles. The summed E-state index contributed by atoms with van der Waals surface area (Å²) in [7, 11) is 0. The molecule has 23 heavy (non-hydrogen) atoms. The van der Waals surface area contributed by atoms with Gasteiger partial charge in [0.15, 0.2) is 0 Å². The lowest BCUT2D eigenvalue weighted by molar-refractivity contribution is -0.0408. The minimum atomic E-state index is -1.36. The SMILES string of the molecule is CC(C)(C)[S@+]([O-])N[C@@H](c1cccc(Cl)c1)[C@]1(O)CC[C@@H](F)CC1. The zero-order chi connectivity index (χ0) is 17.3. The molecule has 1 aliphatic rings. The van der Waals surface area contributed by atoms with E-state index in [0.717, 1.165) is 5.56 Å². The third kappa shape index (κ3) is 4.83. The number of nitrogens with one attached hydrogen (secondary N) is 1. The van der Waals surface area contributed by atoms with Crippen LogP contribution >= 0.6 is 11.6 Å². The smallest absolute Gasteiger partial charge is 0.136 e. The highest BCUT2D eigenvalue weighted by Gasteiger charge is 2.44. The maximum Gasteiger partial charge on any atom is 0.136 e. The van der Waals surface area contributed by atoms with Crippen molar-refractivity contribution < 1.29 is 14.0 Å². The third-order valence-electron chi connectivity index (χ3n) is 4.28. The van der Waals surface area contributed by atoms with E-state index in [4.69, 9.17) is 11.6 Å². The predicted octanol–water partition coefficient (Wildman–Crippen LogP) is 4.08. The lowest BCUT2D eigenvalue weighted by Gasteiger charge is -2.41. The second-order valence-corrected chi connectivity index (χ2v) is 9.70. The van der Waals surface area contributed by atoms with E-state index in [9.17, 15) is 14.0 Å². The van der Waals surface area contributed by atoms with Gasteiger partial charge < -0.3 is 9.66 Å². The molecule has 1 saturated carbocycles. The average Bonchev–Trinajstić information content (AvgIpc) is 2.46. The van der Waals surface area contributed by atoms with Crippen LogP contribution in [0.4, 0.5) is 4.39 Å². The first-order chi connectivity index (χ1) is 10.6. The summed E-state index contributed by atoms with van der Waals surface area (Å²) < 4.78 is 28.7. The Balaban J connectivity index is 2.31. The van der Waals surface area contributed by atoms with E-state index in [1.807, 2.05) is 26.8 Å². The predicted molar refractivity (Wildman–Crippen MR) is 93.5 cm³/mol. The minimum absolute atomic E-state index is 0.317. The van der Waals surface area contributed by atoms with Gasteiger partial charge in [-0.2, -0.15) is 0 Å². The lowest BCUT2D eigenvalue weighted by atomic mass is 9.77. The molecule has 130 valence electrons. The van der Waals surface area contributed by atoms with Crippen LogP contribution < -0.4 is 4.72 Å². The minimum Gasteiger partial charge on any atom is -0.598 e. The third-order valence-corrected chi connectivity index (χ3v) is 6.08. The Morgan fingerprint density at radius 2 is 2.00 bits per heavy atom. The van der Waals surface area contributed by atoms with E-state index in [-0.39, 0.29) is 0 Å². The first kappa shape index (κ1) is 19.0. The second-order valence-electron chi connectivity index (χ2n) is 7.27. The fraction of sp³-hybridized carbons (Fsp3) is 0.647. The molecule has 1 aromatic carbocycles. The van der Waals surface area contributed by atoms with Crippen LogP contribution in [0.3, 0.4) is 0 Å². The number of halogens is 2. The van der Waals surface area contributed by atoms with Crippen molar-refractivity contribution in [1.29, 1.82) is 0 Å². The molecule has 3 nitrogen and oxygen atoms in total. The molecule has 2 N–H and O–H groups in total. The highest BCUT2D eigenvalue weighted by atomic mass is 35.5. The van der Waals surface area contributed by atoms with Crippen molar-refractivity contribution in [2.24, 2.45) is 0 Å². The number of benzene rings is 1. The van der Waals surface area contributed by atoms with Crippen LogP contribution in [0, 0.1) is 0 Å². The van der Waals surface area contributed by atoms with Crippen LogP contribution in [0.5, 0.6) is 0 Å². The van der Waals surface area contributed by atoms with Gasteiger partial charge in [0.25, 0.3) is 0 Å². The number of alkyl halides is 1. The highest BCUT2D eigenvalue weighted by molar-refractivity contribution is 7.90. The number of rotatable bonds is 4. The molecule has 1 aromatic rings. The van der Waals surface area contributed by atoms with E-state index in [1.165, 1.54) is 0 Å². The van der Waals surface area contributed by atoms with Gasteiger partial charge in [-0.05, 0) is 64.2 Å². The Morgan fingerprint density at radius 1 is 1.39 bits per heavy atom. The van der Waals surface area contributed by atoms with Crippen LogP contribution in [-0.4, -0.2) is 26.2 Å². The summed E-state index contributed by atoms with van der Waals surface area (Å²) in [5.74, 6) is 0. The standard InChI is InChI=1S/C17H25ClFNO2S/c1-16(2,3)23(22)20-15(12-5-4-6-13(18)11-12)17(21)9-7-14(19)8-10-17/h4-6,11,14-15,20-21H,7-10H2,1-3H3/t14-,15-,17+,23-/m0/s1. The Bertz CT molecular complexity index is 530. The molecule has 1 aliphatic carbocycles. The Labute approximate surface area is 145 Å². The van der Waals surface area contributed by atoms with E-state index in [2.05, 4.69) is 4.72 Å². The van der Waals surface area contributed by atoms with Crippen molar-refractivity contribution in [3.8, 4) is 0 Å². The second kappa shape index (κ2) is 7.28. The van der Waals surface area contributed by atoms with Crippen molar-refractivity contribution >= 4 is 23.0 Å². The highest BCUT2D eigenvalue weighted by Crippen LogP contribution is 2.40. The zero-order valence-electron chi connectivity index (χ0n) is 13.8. The van der Waals surface area contributed by atoms with Crippen molar-refractivity contribution in [3.05, 3.63) is 34.9 Å². The van der Waals surface area contributed by atoms with Crippen LogP contribution in [0.1, 0.15) is 58.1 Å². The molecule has 1 fully saturated rings. The zero-order valence-corrected chi connectivity index (χ0v) is 15.4. The Kier molecular flexibility index (Phi) is 6.01. The summed E-state index contributed by atoms with van der Waals surface area (Å²) in [5.41, 5.74) is -0.358. The molecule has 2 rings (SSSR count). The number of hydrogen-bond donors (Lipinski definition) is 2. The number of aliphatic hydroxyl groups is 1. The van der Waals surface area contributed by atoms with Crippen LogP contribution in [0.2, 0.25) is 5.02 Å². The van der Waals surface area contributed by atoms with Crippen molar-refractivity contribution in [1.82, 2.24) is 4.72 Å². The molecular weight excluding hydrogens is 337 g/mol. The van der Waals surface area contributed by atoms with Crippen LogP contribution in [0.15, 0.2) is 24.3 Å². The van der Waals surface area contributed by atoms with Gasteiger partial charge in [0.2, 0.25) is 0 Å². The van der Waals surface area contributed by atoms with Crippen LogP contribution in [0.25, 0.3) is 0 Å². The summed E-state index contributed by atoms with van der Waals surface area (Å²) in [6.07, 6.45) is 0.428. The number of hydrogen-bond acceptors (Lipinski definition) is 3. The van der Waals surface area contributed by atoms with Gasteiger partial charge in [0, 0.05) is 16.4 Å². The Morgan fingerprint density at radius 3 is 2.52 bits per heavy atom.